The van der Waals surface area contributed by atoms with Gasteiger partial charge in [-0.3, -0.25) is 0 Å². The number of carbonyl (C=O) groups is 1. The van der Waals surface area contributed by atoms with Gasteiger partial charge in [0.15, 0.2) is 0 Å². The highest BCUT2D eigenvalue weighted by Crippen LogP contribution is 2.09. The van der Waals surface area contributed by atoms with E-state index in [4.69, 9.17) is 4.74 Å². The molecule has 0 rings (SSSR count). The number of alkyl carbamates (subject to hydrolysis) is 1. The van der Waals surface area contributed by atoms with Crippen LogP contribution in [0.5, 0.6) is 0 Å². The fourth-order valence-corrected chi connectivity index (χ4v) is 1.15. The van der Waals surface area contributed by atoms with E-state index in [1.165, 1.54) is 0 Å². The minimum Gasteiger partial charge on any atom is -0.444 e. The molecular weight excluding hydrogens is 228 g/mol. The second kappa shape index (κ2) is 7.41. The van der Waals surface area contributed by atoms with Crippen molar-refractivity contribution in [3.8, 4) is 0 Å². The van der Waals surface area contributed by atoms with Crippen molar-refractivity contribution in [2.75, 3.05) is 19.6 Å². The van der Waals surface area contributed by atoms with Crippen molar-refractivity contribution in [2.45, 2.75) is 47.1 Å². The summed E-state index contributed by atoms with van der Waals surface area (Å²) in [6.45, 7) is 14.4. The molecule has 0 saturated carbocycles. The van der Waals surface area contributed by atoms with Gasteiger partial charge in [0.05, 0.1) is 0 Å². The van der Waals surface area contributed by atoms with Crippen molar-refractivity contribution in [3.05, 3.63) is 12.2 Å². The van der Waals surface area contributed by atoms with Gasteiger partial charge in [0, 0.05) is 19.6 Å². The first-order chi connectivity index (χ1) is 8.10. The van der Waals surface area contributed by atoms with Crippen LogP contribution in [-0.4, -0.2) is 31.3 Å². The van der Waals surface area contributed by atoms with Crippen molar-refractivity contribution in [3.63, 3.8) is 0 Å². The first kappa shape index (κ1) is 17.0. The maximum Gasteiger partial charge on any atom is 0.407 e. The van der Waals surface area contributed by atoms with Gasteiger partial charge in [0.1, 0.15) is 5.60 Å². The van der Waals surface area contributed by atoms with E-state index in [0.717, 1.165) is 13.1 Å². The second-order valence-electron chi connectivity index (χ2n) is 6.55. The molecule has 0 radical (unpaired) electrons. The van der Waals surface area contributed by atoms with Crippen LogP contribution in [0.4, 0.5) is 4.79 Å². The number of carbonyl (C=O) groups excluding carboxylic acids is 1. The predicted molar refractivity (Wildman–Crippen MR) is 75.7 cm³/mol. The van der Waals surface area contributed by atoms with Crippen LogP contribution in [0.3, 0.4) is 0 Å². The lowest BCUT2D eigenvalue weighted by Crippen LogP contribution is -2.32. The van der Waals surface area contributed by atoms with E-state index < -0.39 is 5.60 Å². The molecule has 0 aliphatic carbocycles. The summed E-state index contributed by atoms with van der Waals surface area (Å²) < 4.78 is 5.11. The van der Waals surface area contributed by atoms with Crippen molar-refractivity contribution in [1.82, 2.24) is 10.6 Å². The zero-order valence-corrected chi connectivity index (χ0v) is 12.6. The maximum atomic E-state index is 11.3. The van der Waals surface area contributed by atoms with E-state index in [-0.39, 0.29) is 6.09 Å². The molecule has 0 spiro atoms. The Kier molecular flexibility index (Phi) is 6.99. The number of hydrogen-bond donors (Lipinski definition) is 2. The van der Waals surface area contributed by atoms with Crippen LogP contribution < -0.4 is 10.6 Å². The topological polar surface area (TPSA) is 50.4 Å². The summed E-state index contributed by atoms with van der Waals surface area (Å²) in [5, 5.41) is 5.99. The first-order valence-electron chi connectivity index (χ1n) is 6.43. The maximum absolute atomic E-state index is 11.3. The van der Waals surface area contributed by atoms with Gasteiger partial charge in [0.25, 0.3) is 0 Å². The Balaban J connectivity index is 3.58. The first-order valence-corrected chi connectivity index (χ1v) is 6.43. The molecule has 0 heterocycles. The standard InChI is InChI=1S/C14H28N2O2/c1-13(2,3)11-15-9-7-8-10-16-12(17)18-14(4,5)6/h7-8,15H,9-11H2,1-6H3,(H,16,17)/b8-7+. The van der Waals surface area contributed by atoms with Crippen LogP contribution in [0.1, 0.15) is 41.5 Å². The van der Waals surface area contributed by atoms with Crippen molar-refractivity contribution >= 4 is 6.09 Å². The largest absolute Gasteiger partial charge is 0.444 e. The quantitative estimate of drug-likeness (QED) is 0.587. The van der Waals surface area contributed by atoms with Crippen LogP contribution in [0, 0.1) is 5.41 Å². The average Bonchev–Trinajstić information content (AvgIpc) is 2.11. The molecule has 0 aromatic carbocycles. The third-order valence-electron chi connectivity index (χ3n) is 1.85. The Bertz CT molecular complexity index is 272. The van der Waals surface area contributed by atoms with Crippen LogP contribution in [-0.2, 0) is 4.74 Å². The van der Waals surface area contributed by atoms with E-state index in [0.29, 0.717) is 12.0 Å². The SMILES string of the molecule is CC(C)(C)CNC/C=C/CNC(=O)OC(C)(C)C. The van der Waals surface area contributed by atoms with Crippen LogP contribution in [0.25, 0.3) is 0 Å². The van der Waals surface area contributed by atoms with Gasteiger partial charge in [-0.05, 0) is 26.2 Å². The molecule has 0 unspecified atom stereocenters. The molecule has 0 aliphatic rings. The van der Waals surface area contributed by atoms with Crippen molar-refractivity contribution in [1.29, 1.82) is 0 Å². The Morgan fingerprint density at radius 3 is 2.11 bits per heavy atom. The molecule has 0 atom stereocenters. The molecule has 1 amide bonds. The predicted octanol–water partition coefficient (Wildman–Crippen LogP) is 2.70. The van der Waals surface area contributed by atoms with E-state index in [1.807, 2.05) is 32.9 Å². The summed E-state index contributed by atoms with van der Waals surface area (Å²) >= 11 is 0. The summed E-state index contributed by atoms with van der Waals surface area (Å²) in [6, 6.07) is 0. The van der Waals surface area contributed by atoms with E-state index >= 15 is 0 Å². The van der Waals surface area contributed by atoms with Gasteiger partial charge in [-0.2, -0.15) is 0 Å². The molecule has 0 saturated heterocycles. The van der Waals surface area contributed by atoms with E-state index in [2.05, 4.69) is 31.4 Å². The summed E-state index contributed by atoms with van der Waals surface area (Å²) in [7, 11) is 0. The molecule has 2 N–H and O–H groups in total. The molecule has 4 heteroatoms. The monoisotopic (exact) mass is 256 g/mol. The lowest BCUT2D eigenvalue weighted by molar-refractivity contribution is 0.0534. The van der Waals surface area contributed by atoms with Crippen LogP contribution >= 0.6 is 0 Å². The van der Waals surface area contributed by atoms with Crippen molar-refractivity contribution < 1.29 is 9.53 Å². The highest BCUT2D eigenvalue weighted by Gasteiger charge is 2.14. The fourth-order valence-electron chi connectivity index (χ4n) is 1.15. The van der Waals surface area contributed by atoms with Crippen molar-refractivity contribution in [2.24, 2.45) is 5.41 Å². The molecule has 0 aromatic rings. The summed E-state index contributed by atoms with van der Waals surface area (Å²) in [5.74, 6) is 0. The molecule has 0 bridgehead atoms. The Morgan fingerprint density at radius 2 is 1.61 bits per heavy atom. The molecule has 4 nitrogen and oxygen atoms in total. The highest BCUT2D eigenvalue weighted by atomic mass is 16.6. The van der Waals surface area contributed by atoms with Gasteiger partial charge in [-0.25, -0.2) is 4.79 Å². The molecule has 18 heavy (non-hydrogen) atoms. The fraction of sp³-hybridized carbons (Fsp3) is 0.786. The minimum atomic E-state index is -0.442. The smallest absolute Gasteiger partial charge is 0.407 e. The minimum absolute atomic E-state index is 0.294. The Hall–Kier alpha value is -1.03. The lowest BCUT2D eigenvalue weighted by Gasteiger charge is -2.19. The summed E-state index contributed by atoms with van der Waals surface area (Å²) in [4.78, 5) is 11.3. The van der Waals surface area contributed by atoms with Gasteiger partial charge in [-0.1, -0.05) is 32.9 Å². The number of ether oxygens (including phenoxy) is 1. The Labute approximate surface area is 111 Å². The number of amides is 1. The normalized spacial score (nSPS) is 12.8. The number of rotatable bonds is 5. The summed E-state index contributed by atoms with van der Waals surface area (Å²) in [6.07, 6.45) is 3.54. The lowest BCUT2D eigenvalue weighted by atomic mass is 9.97. The zero-order valence-electron chi connectivity index (χ0n) is 12.6. The van der Waals surface area contributed by atoms with E-state index in [9.17, 15) is 4.79 Å². The molecule has 0 aliphatic heterocycles. The highest BCUT2D eigenvalue weighted by molar-refractivity contribution is 5.67. The zero-order chi connectivity index (χ0) is 14.2. The van der Waals surface area contributed by atoms with Gasteiger partial charge < -0.3 is 15.4 Å². The second-order valence-corrected chi connectivity index (χ2v) is 6.55. The van der Waals surface area contributed by atoms with Crippen LogP contribution in [0.15, 0.2) is 12.2 Å². The number of hydrogen-bond acceptors (Lipinski definition) is 3. The molecule has 106 valence electrons. The van der Waals surface area contributed by atoms with Gasteiger partial charge in [0.2, 0.25) is 0 Å². The third kappa shape index (κ3) is 13.0. The third-order valence-corrected chi connectivity index (χ3v) is 1.85. The molecule has 0 aromatic heterocycles. The van der Waals surface area contributed by atoms with Gasteiger partial charge in [-0.15, -0.1) is 0 Å². The van der Waals surface area contributed by atoms with Crippen LogP contribution in [0.2, 0.25) is 0 Å². The van der Waals surface area contributed by atoms with Gasteiger partial charge >= 0.3 is 6.09 Å². The summed E-state index contributed by atoms with van der Waals surface area (Å²) in [5.41, 5.74) is -0.148. The number of nitrogens with one attached hydrogen (secondary N) is 2. The van der Waals surface area contributed by atoms with E-state index in [1.54, 1.807) is 0 Å². The average molecular weight is 256 g/mol. The Morgan fingerprint density at radius 1 is 1.06 bits per heavy atom. The molecule has 0 fully saturated rings. The molecular formula is C14H28N2O2.